The maximum Gasteiger partial charge on any atom is 0.343 e. The van der Waals surface area contributed by atoms with Gasteiger partial charge >= 0.3 is 5.97 Å². The maximum absolute atomic E-state index is 12.4. The van der Waals surface area contributed by atoms with Crippen molar-refractivity contribution in [1.82, 2.24) is 0 Å². The molecule has 0 unspecified atom stereocenters. The smallest absolute Gasteiger partial charge is 0.343 e. The van der Waals surface area contributed by atoms with Crippen LogP contribution in [-0.4, -0.2) is 36.2 Å². The number of methoxy groups -OCH3 is 2. The molecule has 1 aliphatic rings. The molecule has 0 radical (unpaired) electrons. The molecule has 0 amide bonds. The first-order valence-corrected chi connectivity index (χ1v) is 7.47. The van der Waals surface area contributed by atoms with Gasteiger partial charge in [-0.05, 0) is 24.3 Å². The van der Waals surface area contributed by atoms with Crippen LogP contribution in [0.5, 0.6) is 23.0 Å². The summed E-state index contributed by atoms with van der Waals surface area (Å²) in [5, 5.41) is 18.8. The molecule has 0 saturated carbocycles. The van der Waals surface area contributed by atoms with Crippen molar-refractivity contribution in [3.8, 4) is 23.0 Å². The second kappa shape index (κ2) is 6.35. The predicted molar refractivity (Wildman–Crippen MR) is 86.4 cm³/mol. The lowest BCUT2D eigenvalue weighted by Gasteiger charge is -2.12. The van der Waals surface area contributed by atoms with Gasteiger partial charge in [-0.1, -0.05) is 6.07 Å². The monoisotopic (exact) mass is 344 g/mol. The van der Waals surface area contributed by atoms with Gasteiger partial charge in [0, 0.05) is 11.1 Å². The summed E-state index contributed by atoms with van der Waals surface area (Å²) in [6.45, 7) is 0. The van der Waals surface area contributed by atoms with Gasteiger partial charge in [0.15, 0.2) is 28.8 Å². The third-order valence-electron chi connectivity index (χ3n) is 4.05. The third kappa shape index (κ3) is 2.84. The lowest BCUT2D eigenvalue weighted by molar-refractivity contribution is 0.0365. The van der Waals surface area contributed by atoms with Gasteiger partial charge in [0.1, 0.15) is 11.7 Å². The number of carbonyl (C=O) groups is 2. The summed E-state index contributed by atoms with van der Waals surface area (Å²) in [6.07, 6.45) is -0.857. The minimum absolute atomic E-state index is 0.0988. The summed E-state index contributed by atoms with van der Waals surface area (Å²) in [7, 11) is 2.88. The molecule has 0 bridgehead atoms. The average molecular weight is 344 g/mol. The highest BCUT2D eigenvalue weighted by Crippen LogP contribution is 2.43. The molecular formula is C18H16O7. The highest BCUT2D eigenvalue weighted by atomic mass is 16.6. The molecule has 25 heavy (non-hydrogen) atoms. The number of fused-ring (bicyclic) bond motifs is 1. The van der Waals surface area contributed by atoms with Crippen LogP contribution >= 0.6 is 0 Å². The van der Waals surface area contributed by atoms with Crippen molar-refractivity contribution >= 4 is 11.8 Å². The zero-order valence-corrected chi connectivity index (χ0v) is 13.6. The van der Waals surface area contributed by atoms with Gasteiger partial charge in [-0.2, -0.15) is 0 Å². The first-order valence-electron chi connectivity index (χ1n) is 7.47. The standard InChI is InChI=1S/C18H16O7/c1-23-14-6-4-10-15(25-18(22)16(10)17(14)24-2)8-12(20)9-3-5-11(19)13(21)7-9/h3-7,15,19,21H,8H2,1-2H3/t15-/m0/s1. The molecule has 0 aliphatic carbocycles. The molecule has 1 heterocycles. The normalized spacial score (nSPS) is 15.4. The Labute approximate surface area is 143 Å². The fourth-order valence-electron chi connectivity index (χ4n) is 2.81. The Kier molecular flexibility index (Phi) is 4.22. The van der Waals surface area contributed by atoms with Crippen LogP contribution in [0.3, 0.4) is 0 Å². The number of hydrogen-bond donors (Lipinski definition) is 2. The lowest BCUT2D eigenvalue weighted by atomic mass is 9.97. The number of benzene rings is 2. The number of Topliss-reactive ketones (excluding diaryl/α,β-unsaturated/α-hetero) is 1. The van der Waals surface area contributed by atoms with Crippen LogP contribution < -0.4 is 9.47 Å². The van der Waals surface area contributed by atoms with Crippen molar-refractivity contribution in [2.75, 3.05) is 14.2 Å². The summed E-state index contributed by atoms with van der Waals surface area (Å²) in [6, 6.07) is 7.09. The van der Waals surface area contributed by atoms with Crippen LogP contribution in [0.15, 0.2) is 30.3 Å². The van der Waals surface area contributed by atoms with Crippen LogP contribution in [0.2, 0.25) is 0 Å². The van der Waals surface area contributed by atoms with Crippen LogP contribution in [0.25, 0.3) is 0 Å². The average Bonchev–Trinajstić information content (AvgIpc) is 2.92. The van der Waals surface area contributed by atoms with E-state index in [0.29, 0.717) is 11.3 Å². The molecular weight excluding hydrogens is 328 g/mol. The van der Waals surface area contributed by atoms with Crippen molar-refractivity contribution in [3.63, 3.8) is 0 Å². The van der Waals surface area contributed by atoms with Gasteiger partial charge < -0.3 is 24.4 Å². The number of rotatable bonds is 5. The van der Waals surface area contributed by atoms with E-state index in [4.69, 9.17) is 14.2 Å². The Morgan fingerprint density at radius 3 is 2.52 bits per heavy atom. The topological polar surface area (TPSA) is 102 Å². The minimum atomic E-state index is -0.759. The first-order chi connectivity index (χ1) is 12.0. The fourth-order valence-corrected chi connectivity index (χ4v) is 2.81. The van der Waals surface area contributed by atoms with E-state index in [2.05, 4.69) is 0 Å². The van der Waals surface area contributed by atoms with Crippen LogP contribution in [0.4, 0.5) is 0 Å². The zero-order chi connectivity index (χ0) is 18.1. The number of hydrogen-bond acceptors (Lipinski definition) is 7. The van der Waals surface area contributed by atoms with Crippen LogP contribution in [0.1, 0.15) is 38.8 Å². The van der Waals surface area contributed by atoms with Crippen LogP contribution in [0, 0.1) is 0 Å². The molecule has 130 valence electrons. The van der Waals surface area contributed by atoms with E-state index >= 15 is 0 Å². The van der Waals surface area contributed by atoms with Crippen molar-refractivity contribution in [2.45, 2.75) is 12.5 Å². The van der Waals surface area contributed by atoms with Crippen molar-refractivity contribution in [3.05, 3.63) is 47.0 Å². The van der Waals surface area contributed by atoms with E-state index < -0.39 is 12.1 Å². The largest absolute Gasteiger partial charge is 0.504 e. The summed E-state index contributed by atoms with van der Waals surface area (Å²) < 4.78 is 15.7. The summed E-state index contributed by atoms with van der Waals surface area (Å²) in [5.74, 6) is -0.962. The molecule has 0 fully saturated rings. The number of phenols is 2. The van der Waals surface area contributed by atoms with E-state index in [1.165, 1.54) is 32.4 Å². The molecule has 1 aliphatic heterocycles. The van der Waals surface area contributed by atoms with Crippen LogP contribution in [-0.2, 0) is 4.74 Å². The SMILES string of the molecule is COc1ccc2c(c1OC)C(=O)O[C@H]2CC(=O)c1ccc(O)c(O)c1. The number of phenolic OH excluding ortho intramolecular Hbond substituents is 2. The zero-order valence-electron chi connectivity index (χ0n) is 13.6. The Morgan fingerprint density at radius 1 is 1.12 bits per heavy atom. The van der Waals surface area contributed by atoms with Gasteiger partial charge in [-0.25, -0.2) is 4.79 Å². The molecule has 3 rings (SSSR count). The highest BCUT2D eigenvalue weighted by molar-refractivity contribution is 6.01. The Balaban J connectivity index is 1.90. The second-order valence-electron chi connectivity index (χ2n) is 5.49. The van der Waals surface area contributed by atoms with Gasteiger partial charge in [0.25, 0.3) is 0 Å². The molecule has 0 spiro atoms. The molecule has 0 aromatic heterocycles. The van der Waals surface area contributed by atoms with Crippen molar-refractivity contribution in [1.29, 1.82) is 0 Å². The van der Waals surface area contributed by atoms with Gasteiger partial charge in [0.05, 0.1) is 20.6 Å². The number of esters is 1. The molecule has 7 nitrogen and oxygen atoms in total. The van der Waals surface area contributed by atoms with E-state index in [-0.39, 0.29) is 40.6 Å². The first kappa shape index (κ1) is 16.6. The Morgan fingerprint density at radius 2 is 1.88 bits per heavy atom. The summed E-state index contributed by atoms with van der Waals surface area (Å²) in [4.78, 5) is 24.6. The molecule has 2 aromatic carbocycles. The number of ketones is 1. The van der Waals surface area contributed by atoms with E-state index in [1.807, 2.05) is 0 Å². The molecule has 7 heteroatoms. The van der Waals surface area contributed by atoms with E-state index in [9.17, 15) is 19.8 Å². The Bertz CT molecular complexity index is 857. The predicted octanol–water partition coefficient (Wildman–Crippen LogP) is 2.60. The molecule has 1 atom stereocenters. The maximum atomic E-state index is 12.4. The number of carbonyl (C=O) groups excluding carboxylic acids is 2. The third-order valence-corrected chi connectivity index (χ3v) is 4.05. The number of cyclic esters (lactones) is 1. The number of ether oxygens (including phenoxy) is 3. The number of aromatic hydroxyl groups is 2. The fraction of sp³-hybridized carbons (Fsp3) is 0.222. The van der Waals surface area contributed by atoms with Crippen molar-refractivity contribution < 1.29 is 34.0 Å². The van der Waals surface area contributed by atoms with E-state index in [0.717, 1.165) is 0 Å². The summed E-state index contributed by atoms with van der Waals surface area (Å²) >= 11 is 0. The lowest BCUT2D eigenvalue weighted by Crippen LogP contribution is -2.07. The highest BCUT2D eigenvalue weighted by Gasteiger charge is 2.37. The minimum Gasteiger partial charge on any atom is -0.504 e. The second-order valence-corrected chi connectivity index (χ2v) is 5.49. The molecule has 0 saturated heterocycles. The van der Waals surface area contributed by atoms with Gasteiger partial charge in [0.2, 0.25) is 0 Å². The van der Waals surface area contributed by atoms with Gasteiger partial charge in [-0.15, -0.1) is 0 Å². The van der Waals surface area contributed by atoms with E-state index in [1.54, 1.807) is 12.1 Å². The van der Waals surface area contributed by atoms with Crippen molar-refractivity contribution in [2.24, 2.45) is 0 Å². The molecule has 2 aromatic rings. The molecule has 2 N–H and O–H groups in total. The van der Waals surface area contributed by atoms with Gasteiger partial charge in [-0.3, -0.25) is 4.79 Å². The Hall–Kier alpha value is -3.22. The quantitative estimate of drug-likeness (QED) is 0.488. The summed E-state index contributed by atoms with van der Waals surface area (Å²) in [5.41, 5.74) is 0.993.